The molecule has 0 bridgehead atoms. The maximum atomic E-state index is 13.0. The molecule has 3 rings (SSSR count). The van der Waals surface area contributed by atoms with Crippen molar-refractivity contribution in [2.24, 2.45) is 5.92 Å². The number of ketones is 1. The van der Waals surface area contributed by atoms with Crippen molar-refractivity contribution in [1.82, 2.24) is 0 Å². The van der Waals surface area contributed by atoms with E-state index in [0.29, 0.717) is 28.6 Å². The number of aliphatic hydroxyl groups excluding tert-OH is 1. The van der Waals surface area contributed by atoms with Gasteiger partial charge in [-0.15, -0.1) is 0 Å². The lowest BCUT2D eigenvalue weighted by molar-refractivity contribution is -0.118. The Bertz CT molecular complexity index is 932. The van der Waals surface area contributed by atoms with E-state index in [1.54, 1.807) is 36.4 Å². The van der Waals surface area contributed by atoms with Crippen molar-refractivity contribution >= 4 is 29.0 Å². The van der Waals surface area contributed by atoms with E-state index in [2.05, 4.69) is 0 Å². The van der Waals surface area contributed by atoms with Gasteiger partial charge in [-0.25, -0.2) is 0 Å². The molecule has 0 fully saturated rings. The minimum Gasteiger partial charge on any atom is -0.503 e. The van der Waals surface area contributed by atoms with Crippen LogP contribution in [0.5, 0.6) is 5.75 Å². The Morgan fingerprint density at radius 3 is 2.31 bits per heavy atom. The van der Waals surface area contributed by atoms with Crippen LogP contribution in [-0.4, -0.2) is 23.4 Å². The zero-order valence-corrected chi connectivity index (χ0v) is 17.4. The first-order valence-corrected chi connectivity index (χ1v) is 9.99. The molecule has 0 aliphatic carbocycles. The van der Waals surface area contributed by atoms with Crippen LogP contribution in [-0.2, 0) is 9.59 Å². The molecule has 2 aromatic rings. The van der Waals surface area contributed by atoms with Crippen LogP contribution < -0.4 is 9.64 Å². The van der Waals surface area contributed by atoms with Crippen molar-refractivity contribution in [3.8, 4) is 5.75 Å². The van der Waals surface area contributed by atoms with Crippen LogP contribution in [0.4, 0.5) is 5.69 Å². The second-order valence-corrected chi connectivity index (χ2v) is 7.78. The monoisotopic (exact) mass is 413 g/mol. The summed E-state index contributed by atoms with van der Waals surface area (Å²) >= 11 is 5.99. The van der Waals surface area contributed by atoms with Gasteiger partial charge < -0.3 is 9.84 Å². The molecule has 1 atom stereocenters. The highest BCUT2D eigenvalue weighted by molar-refractivity contribution is 6.30. The molecule has 1 aliphatic rings. The Kier molecular flexibility index (Phi) is 6.28. The number of nitrogens with zero attached hydrogens (tertiary/aromatic N) is 1. The maximum absolute atomic E-state index is 13.0. The quantitative estimate of drug-likeness (QED) is 0.672. The Balaban J connectivity index is 2.09. The molecule has 1 amide bonds. The summed E-state index contributed by atoms with van der Waals surface area (Å²) in [4.78, 5) is 27.3. The van der Waals surface area contributed by atoms with Crippen LogP contribution in [0.25, 0.3) is 0 Å². The second-order valence-electron chi connectivity index (χ2n) is 7.34. The number of anilines is 1. The Hall–Kier alpha value is -2.79. The van der Waals surface area contributed by atoms with Crippen LogP contribution in [0.3, 0.4) is 0 Å². The van der Waals surface area contributed by atoms with Gasteiger partial charge in [-0.05, 0) is 54.8 Å². The lowest BCUT2D eigenvalue weighted by atomic mass is 9.92. The second kappa shape index (κ2) is 8.70. The van der Waals surface area contributed by atoms with Gasteiger partial charge in [0.2, 0.25) is 0 Å². The SMILES string of the molecule is CCOc1ccc(C2C(C(=O)CC(C)C)=C(O)C(=O)N2c2ccc(Cl)cc2)cc1. The highest BCUT2D eigenvalue weighted by Gasteiger charge is 2.44. The van der Waals surface area contributed by atoms with Crippen molar-refractivity contribution in [1.29, 1.82) is 0 Å². The average molecular weight is 414 g/mol. The summed E-state index contributed by atoms with van der Waals surface area (Å²) in [5.41, 5.74) is 1.40. The fourth-order valence-electron chi connectivity index (χ4n) is 3.47. The van der Waals surface area contributed by atoms with E-state index < -0.39 is 17.7 Å². The molecule has 1 heterocycles. The third-order valence-electron chi connectivity index (χ3n) is 4.71. The van der Waals surface area contributed by atoms with Gasteiger partial charge in [-0.1, -0.05) is 37.6 Å². The van der Waals surface area contributed by atoms with Gasteiger partial charge in [0.25, 0.3) is 5.91 Å². The van der Waals surface area contributed by atoms with Crippen molar-refractivity contribution < 1.29 is 19.4 Å². The Morgan fingerprint density at radius 2 is 1.76 bits per heavy atom. The molecular formula is C23H24ClNO4. The smallest absolute Gasteiger partial charge is 0.294 e. The Morgan fingerprint density at radius 1 is 1.14 bits per heavy atom. The zero-order chi connectivity index (χ0) is 21.1. The molecule has 152 valence electrons. The minimum atomic E-state index is -0.717. The first-order valence-electron chi connectivity index (χ1n) is 9.61. The minimum absolute atomic E-state index is 0.100. The van der Waals surface area contributed by atoms with Gasteiger partial charge in [0, 0.05) is 17.1 Å². The van der Waals surface area contributed by atoms with Crippen molar-refractivity contribution in [2.75, 3.05) is 11.5 Å². The number of carbonyl (C=O) groups is 2. The average Bonchev–Trinajstić information content (AvgIpc) is 2.94. The standard InChI is InChI=1S/C23H24ClNO4/c1-4-29-18-11-5-15(6-12-18)21-20(19(26)13-14(2)3)22(27)23(28)25(21)17-9-7-16(24)8-10-17/h5-12,14,21,27H,4,13H2,1-3H3. The molecule has 1 N–H and O–H groups in total. The summed E-state index contributed by atoms with van der Waals surface area (Å²) in [7, 11) is 0. The van der Waals surface area contributed by atoms with Crippen molar-refractivity contribution in [3.63, 3.8) is 0 Å². The van der Waals surface area contributed by atoms with Gasteiger partial charge in [-0.3, -0.25) is 14.5 Å². The molecule has 0 saturated carbocycles. The molecule has 0 aromatic heterocycles. The van der Waals surface area contributed by atoms with E-state index >= 15 is 0 Å². The summed E-state index contributed by atoms with van der Waals surface area (Å²) in [6.45, 7) is 6.29. The van der Waals surface area contributed by atoms with Crippen molar-refractivity contribution in [3.05, 3.63) is 70.4 Å². The normalized spacial score (nSPS) is 16.7. The number of Topliss-reactive ketones (excluding diaryl/α,β-unsaturated/α-hetero) is 1. The molecule has 1 unspecified atom stereocenters. The molecule has 6 heteroatoms. The van der Waals surface area contributed by atoms with E-state index in [1.807, 2.05) is 32.9 Å². The third-order valence-corrected chi connectivity index (χ3v) is 4.97. The first-order chi connectivity index (χ1) is 13.8. The number of amides is 1. The van der Waals surface area contributed by atoms with E-state index in [4.69, 9.17) is 16.3 Å². The highest BCUT2D eigenvalue weighted by Crippen LogP contribution is 2.42. The lowest BCUT2D eigenvalue weighted by Gasteiger charge is -2.27. The summed E-state index contributed by atoms with van der Waals surface area (Å²) in [6.07, 6.45) is 0.245. The van der Waals surface area contributed by atoms with Gasteiger partial charge >= 0.3 is 0 Å². The fraction of sp³-hybridized carbons (Fsp3) is 0.304. The molecule has 1 aliphatic heterocycles. The lowest BCUT2D eigenvalue weighted by Crippen LogP contribution is -2.31. The number of hydrogen-bond acceptors (Lipinski definition) is 4. The van der Waals surface area contributed by atoms with Gasteiger partial charge in [0.05, 0.1) is 18.2 Å². The van der Waals surface area contributed by atoms with Crippen LogP contribution in [0.1, 0.15) is 38.8 Å². The molecule has 2 aromatic carbocycles. The van der Waals surface area contributed by atoms with Gasteiger partial charge in [-0.2, -0.15) is 0 Å². The van der Waals surface area contributed by atoms with Gasteiger partial charge in [0.1, 0.15) is 5.75 Å². The van der Waals surface area contributed by atoms with E-state index in [1.165, 1.54) is 4.90 Å². The highest BCUT2D eigenvalue weighted by atomic mass is 35.5. The molecule has 29 heavy (non-hydrogen) atoms. The van der Waals surface area contributed by atoms with E-state index in [0.717, 1.165) is 0 Å². The van der Waals surface area contributed by atoms with Crippen LogP contribution >= 0.6 is 11.6 Å². The number of benzene rings is 2. The predicted molar refractivity (Wildman–Crippen MR) is 113 cm³/mol. The maximum Gasteiger partial charge on any atom is 0.294 e. The summed E-state index contributed by atoms with van der Waals surface area (Å²) < 4.78 is 5.49. The number of halogens is 1. The van der Waals surface area contributed by atoms with E-state index in [9.17, 15) is 14.7 Å². The topological polar surface area (TPSA) is 66.8 Å². The number of ether oxygens (including phenoxy) is 1. The Labute approximate surface area is 175 Å². The number of hydrogen-bond donors (Lipinski definition) is 1. The van der Waals surface area contributed by atoms with Crippen LogP contribution in [0.2, 0.25) is 5.02 Å². The van der Waals surface area contributed by atoms with Crippen LogP contribution in [0, 0.1) is 5.92 Å². The number of rotatable bonds is 7. The fourth-order valence-corrected chi connectivity index (χ4v) is 3.59. The largest absolute Gasteiger partial charge is 0.503 e. The molecule has 0 radical (unpaired) electrons. The van der Waals surface area contributed by atoms with Gasteiger partial charge in [0.15, 0.2) is 11.5 Å². The van der Waals surface area contributed by atoms with E-state index in [-0.39, 0.29) is 23.7 Å². The summed E-state index contributed by atoms with van der Waals surface area (Å²) in [5.74, 6) is -0.533. The summed E-state index contributed by atoms with van der Waals surface area (Å²) in [6, 6.07) is 13.2. The molecule has 0 saturated heterocycles. The zero-order valence-electron chi connectivity index (χ0n) is 16.7. The third kappa shape index (κ3) is 4.30. The molecule has 0 spiro atoms. The molecular weight excluding hydrogens is 390 g/mol. The first kappa shape index (κ1) is 20.9. The molecule has 5 nitrogen and oxygen atoms in total. The predicted octanol–water partition coefficient (Wildman–Crippen LogP) is 5.25. The number of aliphatic hydroxyl groups is 1. The van der Waals surface area contributed by atoms with Crippen molar-refractivity contribution in [2.45, 2.75) is 33.2 Å². The van der Waals surface area contributed by atoms with Crippen LogP contribution in [0.15, 0.2) is 59.9 Å². The summed E-state index contributed by atoms with van der Waals surface area (Å²) in [5, 5.41) is 11.1. The number of carbonyl (C=O) groups excluding carboxylic acids is 2.